The molecule has 0 unspecified atom stereocenters. The zero-order valence-electron chi connectivity index (χ0n) is 18.2. The number of amides is 2. The number of unbranched alkanes of at least 4 members (excludes halogenated alkanes) is 1. The van der Waals surface area contributed by atoms with E-state index in [1.807, 2.05) is 0 Å². The topological polar surface area (TPSA) is 93.0 Å². The summed E-state index contributed by atoms with van der Waals surface area (Å²) in [7, 11) is 0. The molecule has 0 radical (unpaired) electrons. The number of nitrogens with zero attached hydrogens (tertiary/aromatic N) is 3. The molecular formula is C23H27N3O5S. The molecule has 2 amide bonds. The number of carbonyl (C=O) groups is 2. The zero-order valence-corrected chi connectivity index (χ0v) is 19.0. The fourth-order valence-electron chi connectivity index (χ4n) is 4.26. The normalized spacial score (nSPS) is 16.7. The molecule has 1 fully saturated rings. The molecule has 2 aliphatic rings. The fourth-order valence-corrected chi connectivity index (χ4v) is 5.50. The lowest BCUT2D eigenvalue weighted by Crippen LogP contribution is -2.43. The van der Waals surface area contributed by atoms with Crippen LogP contribution >= 0.6 is 11.8 Å². The quantitative estimate of drug-likeness (QED) is 0.185. The van der Waals surface area contributed by atoms with Crippen molar-refractivity contribution in [1.29, 1.82) is 0 Å². The minimum Gasteiger partial charge on any atom is -0.379 e. The van der Waals surface area contributed by atoms with Crippen molar-refractivity contribution in [2.45, 2.75) is 31.1 Å². The molecule has 0 atom stereocenters. The van der Waals surface area contributed by atoms with Crippen LogP contribution in [0, 0.1) is 10.1 Å². The van der Waals surface area contributed by atoms with Gasteiger partial charge in [0, 0.05) is 48.6 Å². The van der Waals surface area contributed by atoms with Gasteiger partial charge in [-0.2, -0.15) is 0 Å². The van der Waals surface area contributed by atoms with E-state index in [1.54, 1.807) is 18.2 Å². The Bertz CT molecular complexity index is 1050. The van der Waals surface area contributed by atoms with Gasteiger partial charge in [0.05, 0.1) is 28.6 Å². The number of benzene rings is 2. The van der Waals surface area contributed by atoms with Crippen molar-refractivity contribution < 1.29 is 19.2 Å². The molecule has 0 aromatic heterocycles. The second kappa shape index (κ2) is 9.97. The van der Waals surface area contributed by atoms with E-state index in [0.717, 1.165) is 38.2 Å². The maximum Gasteiger partial charge on any atom is 0.284 e. The van der Waals surface area contributed by atoms with Gasteiger partial charge in [-0.3, -0.25) is 29.5 Å². The summed E-state index contributed by atoms with van der Waals surface area (Å²) < 4.78 is 5.36. The van der Waals surface area contributed by atoms with Gasteiger partial charge in [0.15, 0.2) is 0 Å². The van der Waals surface area contributed by atoms with E-state index in [1.165, 1.54) is 22.7 Å². The van der Waals surface area contributed by atoms with E-state index >= 15 is 0 Å². The molecule has 0 spiro atoms. The number of rotatable bonds is 9. The number of carbonyl (C=O) groups excluding carboxylic acids is 2. The van der Waals surface area contributed by atoms with Crippen LogP contribution in [0.3, 0.4) is 0 Å². The van der Waals surface area contributed by atoms with Gasteiger partial charge in [-0.25, -0.2) is 0 Å². The van der Waals surface area contributed by atoms with E-state index in [9.17, 15) is 19.7 Å². The van der Waals surface area contributed by atoms with Crippen molar-refractivity contribution in [2.24, 2.45) is 0 Å². The molecule has 2 heterocycles. The summed E-state index contributed by atoms with van der Waals surface area (Å²) in [5.74, 6) is -0.0340. The second-order valence-electron chi connectivity index (χ2n) is 8.03. The minimum absolute atomic E-state index is 0.0679. The lowest BCUT2D eigenvalue weighted by molar-refractivity contribution is -0.387. The highest BCUT2D eigenvalue weighted by atomic mass is 32.2. The van der Waals surface area contributed by atoms with Gasteiger partial charge in [0.1, 0.15) is 0 Å². The molecule has 9 heteroatoms. The Hall–Kier alpha value is -2.49. The minimum atomic E-state index is -0.450. The van der Waals surface area contributed by atoms with Crippen LogP contribution in [-0.4, -0.2) is 71.7 Å². The summed E-state index contributed by atoms with van der Waals surface area (Å²) in [4.78, 5) is 42.0. The number of hydrogen-bond acceptors (Lipinski definition) is 7. The molecule has 32 heavy (non-hydrogen) atoms. The molecule has 2 aromatic rings. The number of nitro benzene ring substituents is 1. The monoisotopic (exact) mass is 457 g/mol. The molecule has 0 saturated carbocycles. The Morgan fingerprint density at radius 3 is 2.56 bits per heavy atom. The van der Waals surface area contributed by atoms with Gasteiger partial charge in [0.2, 0.25) is 0 Å². The van der Waals surface area contributed by atoms with E-state index in [-0.39, 0.29) is 23.7 Å². The van der Waals surface area contributed by atoms with Gasteiger partial charge in [-0.05, 0) is 24.7 Å². The summed E-state index contributed by atoms with van der Waals surface area (Å²) in [6.07, 6.45) is 2.56. The lowest BCUT2D eigenvalue weighted by Gasteiger charge is -2.30. The first kappa shape index (κ1) is 22.7. The van der Waals surface area contributed by atoms with Crippen LogP contribution in [-0.2, 0) is 4.74 Å². The van der Waals surface area contributed by atoms with Gasteiger partial charge in [-0.15, -0.1) is 11.8 Å². The molecule has 8 nitrogen and oxygen atoms in total. The third kappa shape index (κ3) is 4.37. The average molecular weight is 458 g/mol. The second-order valence-corrected chi connectivity index (χ2v) is 9.13. The summed E-state index contributed by atoms with van der Waals surface area (Å²) >= 11 is 1.42. The molecule has 170 valence electrons. The highest BCUT2D eigenvalue weighted by Crippen LogP contribution is 2.42. The SMILES string of the molecule is CCCCSc1c([N+](=O)[O-])cc2c3c(cccc13)C(=O)N(CCCN1CCOCC1)C2=O. The summed E-state index contributed by atoms with van der Waals surface area (Å²) in [6, 6.07) is 6.60. The Morgan fingerprint density at radius 2 is 1.84 bits per heavy atom. The molecule has 1 saturated heterocycles. The van der Waals surface area contributed by atoms with Crippen LogP contribution in [0.4, 0.5) is 5.69 Å². The van der Waals surface area contributed by atoms with Crippen LogP contribution in [0.5, 0.6) is 0 Å². The Kier molecular flexibility index (Phi) is 7.07. The zero-order chi connectivity index (χ0) is 22.7. The van der Waals surface area contributed by atoms with Gasteiger partial charge in [0.25, 0.3) is 17.5 Å². The van der Waals surface area contributed by atoms with E-state index in [2.05, 4.69) is 11.8 Å². The van der Waals surface area contributed by atoms with Crippen molar-refractivity contribution in [3.63, 3.8) is 0 Å². The predicted molar refractivity (Wildman–Crippen MR) is 123 cm³/mol. The van der Waals surface area contributed by atoms with Crippen LogP contribution in [0.2, 0.25) is 0 Å². The van der Waals surface area contributed by atoms with Crippen molar-refractivity contribution in [2.75, 3.05) is 45.1 Å². The molecule has 0 aliphatic carbocycles. The number of thioether (sulfide) groups is 1. The smallest absolute Gasteiger partial charge is 0.284 e. The van der Waals surface area contributed by atoms with Crippen molar-refractivity contribution in [3.8, 4) is 0 Å². The third-order valence-corrected chi connectivity index (χ3v) is 7.15. The maximum atomic E-state index is 13.3. The number of nitro groups is 1. The highest BCUT2D eigenvalue weighted by Gasteiger charge is 2.35. The van der Waals surface area contributed by atoms with Gasteiger partial charge < -0.3 is 4.74 Å². The predicted octanol–water partition coefficient (Wildman–Crippen LogP) is 3.96. The van der Waals surface area contributed by atoms with Crippen LogP contribution in [0.25, 0.3) is 10.8 Å². The summed E-state index contributed by atoms with van der Waals surface area (Å²) in [6.45, 7) is 6.19. The first-order valence-electron chi connectivity index (χ1n) is 11.1. The number of imide groups is 1. The summed E-state index contributed by atoms with van der Waals surface area (Å²) in [5, 5.41) is 13.0. The maximum absolute atomic E-state index is 13.3. The van der Waals surface area contributed by atoms with Crippen LogP contribution in [0.15, 0.2) is 29.2 Å². The van der Waals surface area contributed by atoms with Crippen LogP contribution < -0.4 is 0 Å². The fraction of sp³-hybridized carbons (Fsp3) is 0.478. The van der Waals surface area contributed by atoms with Crippen molar-refractivity contribution >= 4 is 40.0 Å². The third-order valence-electron chi connectivity index (χ3n) is 5.94. The van der Waals surface area contributed by atoms with E-state index in [4.69, 9.17) is 4.74 Å². The standard InChI is InChI=1S/C23H27N3O5S/c1-2-3-14-32-21-16-6-4-7-17-20(16)18(15-19(21)26(29)30)23(28)25(22(17)27)9-5-8-24-10-12-31-13-11-24/h4,6-7,15H,2-3,5,8-14H2,1H3. The van der Waals surface area contributed by atoms with Gasteiger partial charge in [-0.1, -0.05) is 25.5 Å². The molecule has 2 aromatic carbocycles. The first-order chi connectivity index (χ1) is 15.5. The Morgan fingerprint density at radius 1 is 1.09 bits per heavy atom. The van der Waals surface area contributed by atoms with Crippen molar-refractivity contribution in [3.05, 3.63) is 45.5 Å². The average Bonchev–Trinajstić information content (AvgIpc) is 2.80. The highest BCUT2D eigenvalue weighted by molar-refractivity contribution is 7.99. The Balaban J connectivity index is 1.66. The van der Waals surface area contributed by atoms with E-state index < -0.39 is 10.8 Å². The molecular weight excluding hydrogens is 430 g/mol. The summed E-state index contributed by atoms with van der Waals surface area (Å²) in [5.41, 5.74) is 0.616. The molecule has 4 rings (SSSR count). The van der Waals surface area contributed by atoms with E-state index in [0.29, 0.717) is 40.9 Å². The van der Waals surface area contributed by atoms with Gasteiger partial charge >= 0.3 is 0 Å². The number of ether oxygens (including phenoxy) is 1. The Labute approximate surface area is 191 Å². The molecule has 2 aliphatic heterocycles. The number of hydrogen-bond donors (Lipinski definition) is 0. The number of morpholine rings is 1. The van der Waals surface area contributed by atoms with Crippen LogP contribution in [0.1, 0.15) is 46.9 Å². The molecule has 0 bridgehead atoms. The largest absolute Gasteiger partial charge is 0.379 e. The van der Waals surface area contributed by atoms with Crippen molar-refractivity contribution in [1.82, 2.24) is 9.80 Å². The molecule has 0 N–H and O–H groups in total. The lowest BCUT2D eigenvalue weighted by atomic mass is 9.93. The first-order valence-corrected chi connectivity index (χ1v) is 12.0.